The molecule has 6 nitrogen and oxygen atoms in total. The zero-order valence-corrected chi connectivity index (χ0v) is 10.7. The molecule has 1 heterocycles. The van der Waals surface area contributed by atoms with Gasteiger partial charge in [-0.3, -0.25) is 14.5 Å². The molecule has 0 aromatic heterocycles. The highest BCUT2D eigenvalue weighted by atomic mass is 16.4. The Morgan fingerprint density at radius 3 is 2.47 bits per heavy atom. The molecule has 1 N–H and O–H groups in total. The van der Waals surface area contributed by atoms with Gasteiger partial charge < -0.3 is 14.9 Å². The summed E-state index contributed by atoms with van der Waals surface area (Å²) in [7, 11) is 5.42. The van der Waals surface area contributed by atoms with Crippen molar-refractivity contribution in [1.82, 2.24) is 14.7 Å². The third-order valence-electron chi connectivity index (χ3n) is 2.96. The van der Waals surface area contributed by atoms with Crippen molar-refractivity contribution >= 4 is 11.9 Å². The number of carboxylic acid groups (broad SMARTS) is 1. The Labute approximate surface area is 102 Å². The summed E-state index contributed by atoms with van der Waals surface area (Å²) in [6, 6.07) is 0. The van der Waals surface area contributed by atoms with Gasteiger partial charge in [-0.05, 0) is 7.05 Å². The molecule has 0 aliphatic carbocycles. The zero-order chi connectivity index (χ0) is 13.0. The molecule has 1 unspecified atom stereocenters. The monoisotopic (exact) mass is 243 g/mol. The summed E-state index contributed by atoms with van der Waals surface area (Å²) < 4.78 is 0. The van der Waals surface area contributed by atoms with Gasteiger partial charge in [-0.15, -0.1) is 0 Å². The van der Waals surface area contributed by atoms with E-state index in [0.717, 1.165) is 6.54 Å². The van der Waals surface area contributed by atoms with Crippen LogP contribution in [0.25, 0.3) is 0 Å². The highest BCUT2D eigenvalue weighted by Gasteiger charge is 2.28. The molecule has 1 aliphatic rings. The zero-order valence-electron chi connectivity index (χ0n) is 10.7. The number of carboxylic acids is 1. The van der Waals surface area contributed by atoms with Crippen LogP contribution in [0.4, 0.5) is 0 Å². The van der Waals surface area contributed by atoms with Crippen LogP contribution in [-0.2, 0) is 9.59 Å². The molecular formula is C11H21N3O3. The lowest BCUT2D eigenvalue weighted by Crippen LogP contribution is -2.41. The fraction of sp³-hybridized carbons (Fsp3) is 0.818. The number of hydrogen-bond acceptors (Lipinski definition) is 4. The van der Waals surface area contributed by atoms with Gasteiger partial charge in [0.1, 0.15) is 0 Å². The Kier molecular flexibility index (Phi) is 4.89. The van der Waals surface area contributed by atoms with E-state index in [9.17, 15) is 9.59 Å². The Bertz CT molecular complexity index is 294. The van der Waals surface area contributed by atoms with E-state index in [-0.39, 0.29) is 18.4 Å². The summed E-state index contributed by atoms with van der Waals surface area (Å²) in [6.07, 6.45) is 0. The van der Waals surface area contributed by atoms with Gasteiger partial charge >= 0.3 is 5.97 Å². The van der Waals surface area contributed by atoms with E-state index in [1.54, 1.807) is 19.0 Å². The minimum absolute atomic E-state index is 0.00501. The van der Waals surface area contributed by atoms with E-state index >= 15 is 0 Å². The minimum Gasteiger partial charge on any atom is -0.480 e. The molecule has 1 rings (SSSR count). The molecule has 0 aromatic carbocycles. The van der Waals surface area contributed by atoms with Gasteiger partial charge in [0, 0.05) is 40.3 Å². The molecule has 1 amide bonds. The van der Waals surface area contributed by atoms with E-state index < -0.39 is 5.97 Å². The fourth-order valence-corrected chi connectivity index (χ4v) is 2.10. The van der Waals surface area contributed by atoms with E-state index in [1.165, 1.54) is 0 Å². The second kappa shape index (κ2) is 5.97. The maximum Gasteiger partial charge on any atom is 0.317 e. The lowest BCUT2D eigenvalue weighted by molar-refractivity contribution is -0.139. The first-order valence-corrected chi connectivity index (χ1v) is 5.74. The molecule has 0 saturated carbocycles. The van der Waals surface area contributed by atoms with Crippen LogP contribution in [0.5, 0.6) is 0 Å². The largest absolute Gasteiger partial charge is 0.480 e. The number of aliphatic carboxylic acids is 1. The maximum absolute atomic E-state index is 12.0. The van der Waals surface area contributed by atoms with Crippen LogP contribution in [0.2, 0.25) is 0 Å². The second-order valence-corrected chi connectivity index (χ2v) is 4.82. The SMILES string of the molecule is CN1CCN(CC(=O)O)CC(C(=O)N(C)C)C1. The molecule has 0 radical (unpaired) electrons. The Morgan fingerprint density at radius 2 is 1.94 bits per heavy atom. The highest BCUT2D eigenvalue weighted by Crippen LogP contribution is 2.10. The topological polar surface area (TPSA) is 64.1 Å². The molecule has 1 saturated heterocycles. The molecule has 0 bridgehead atoms. The van der Waals surface area contributed by atoms with E-state index in [4.69, 9.17) is 5.11 Å². The van der Waals surface area contributed by atoms with Gasteiger partial charge in [-0.2, -0.15) is 0 Å². The molecule has 0 spiro atoms. The van der Waals surface area contributed by atoms with Crippen LogP contribution in [-0.4, -0.2) is 85.5 Å². The molecule has 98 valence electrons. The van der Waals surface area contributed by atoms with Gasteiger partial charge in [0.25, 0.3) is 0 Å². The lowest BCUT2D eigenvalue weighted by atomic mass is 10.1. The number of amides is 1. The minimum atomic E-state index is -0.842. The first-order chi connectivity index (χ1) is 7.90. The van der Waals surface area contributed by atoms with Crippen LogP contribution < -0.4 is 0 Å². The van der Waals surface area contributed by atoms with Crippen LogP contribution in [0, 0.1) is 5.92 Å². The summed E-state index contributed by atoms with van der Waals surface area (Å²) in [4.78, 5) is 28.2. The second-order valence-electron chi connectivity index (χ2n) is 4.82. The van der Waals surface area contributed by atoms with Gasteiger partial charge in [-0.25, -0.2) is 0 Å². The van der Waals surface area contributed by atoms with E-state index in [2.05, 4.69) is 4.90 Å². The summed E-state index contributed by atoms with van der Waals surface area (Å²) >= 11 is 0. The smallest absolute Gasteiger partial charge is 0.317 e. The molecule has 1 aliphatic heterocycles. The molecule has 0 aromatic rings. The fourth-order valence-electron chi connectivity index (χ4n) is 2.10. The number of carbonyl (C=O) groups excluding carboxylic acids is 1. The first kappa shape index (κ1) is 13.9. The number of nitrogens with zero attached hydrogens (tertiary/aromatic N) is 3. The molecule has 1 fully saturated rings. The van der Waals surface area contributed by atoms with E-state index in [1.807, 2.05) is 11.9 Å². The van der Waals surface area contributed by atoms with Crippen molar-refractivity contribution in [2.75, 3.05) is 53.9 Å². The molecule has 1 atom stereocenters. The van der Waals surface area contributed by atoms with Gasteiger partial charge in [0.15, 0.2) is 0 Å². The Morgan fingerprint density at radius 1 is 1.29 bits per heavy atom. The lowest BCUT2D eigenvalue weighted by Gasteiger charge is -2.24. The van der Waals surface area contributed by atoms with Crippen molar-refractivity contribution in [3.05, 3.63) is 0 Å². The average Bonchev–Trinajstić information content (AvgIpc) is 2.39. The quantitative estimate of drug-likeness (QED) is 0.690. The normalized spacial score (nSPS) is 23.1. The Hall–Kier alpha value is -1.14. The van der Waals surface area contributed by atoms with Crippen molar-refractivity contribution in [3.8, 4) is 0 Å². The average molecular weight is 243 g/mol. The molecular weight excluding hydrogens is 222 g/mol. The van der Waals surface area contributed by atoms with Crippen molar-refractivity contribution in [1.29, 1.82) is 0 Å². The number of hydrogen-bond donors (Lipinski definition) is 1. The number of likely N-dealkylation sites (N-methyl/N-ethyl adjacent to an activating group) is 1. The van der Waals surface area contributed by atoms with Crippen LogP contribution in [0.3, 0.4) is 0 Å². The summed E-state index contributed by atoms with van der Waals surface area (Å²) in [5.41, 5.74) is 0. The van der Waals surface area contributed by atoms with Crippen LogP contribution >= 0.6 is 0 Å². The number of carbonyl (C=O) groups is 2. The Balaban J connectivity index is 2.68. The summed E-state index contributed by atoms with van der Waals surface area (Å²) in [6.45, 7) is 2.70. The highest BCUT2D eigenvalue weighted by molar-refractivity contribution is 5.79. The third kappa shape index (κ3) is 4.32. The van der Waals surface area contributed by atoms with Gasteiger partial charge in [-0.1, -0.05) is 0 Å². The van der Waals surface area contributed by atoms with Crippen molar-refractivity contribution in [3.63, 3.8) is 0 Å². The standard InChI is InChI=1S/C11H21N3O3/c1-12(2)11(17)9-6-13(3)4-5-14(7-9)8-10(15)16/h9H,4-8H2,1-3H3,(H,15,16). The molecule has 6 heteroatoms. The number of rotatable bonds is 3. The van der Waals surface area contributed by atoms with Crippen LogP contribution in [0.15, 0.2) is 0 Å². The van der Waals surface area contributed by atoms with Crippen molar-refractivity contribution in [2.45, 2.75) is 0 Å². The predicted molar refractivity (Wildman–Crippen MR) is 63.8 cm³/mol. The third-order valence-corrected chi connectivity index (χ3v) is 2.96. The predicted octanol–water partition coefficient (Wildman–Crippen LogP) is -0.977. The van der Waals surface area contributed by atoms with Gasteiger partial charge in [0.2, 0.25) is 5.91 Å². The van der Waals surface area contributed by atoms with Crippen LogP contribution in [0.1, 0.15) is 0 Å². The van der Waals surface area contributed by atoms with Crippen molar-refractivity contribution < 1.29 is 14.7 Å². The molecule has 17 heavy (non-hydrogen) atoms. The van der Waals surface area contributed by atoms with Crippen molar-refractivity contribution in [2.24, 2.45) is 5.92 Å². The first-order valence-electron chi connectivity index (χ1n) is 5.74. The van der Waals surface area contributed by atoms with E-state index in [0.29, 0.717) is 19.6 Å². The summed E-state index contributed by atoms with van der Waals surface area (Å²) in [5, 5.41) is 8.81. The maximum atomic E-state index is 12.0. The van der Waals surface area contributed by atoms with Gasteiger partial charge in [0.05, 0.1) is 12.5 Å². The summed E-state index contributed by atoms with van der Waals surface area (Å²) in [5.74, 6) is -0.920.